The molecule has 0 aromatic heterocycles. The summed E-state index contributed by atoms with van der Waals surface area (Å²) in [6.45, 7) is 3.90. The predicted octanol–water partition coefficient (Wildman–Crippen LogP) is 1.73. The van der Waals surface area contributed by atoms with Gasteiger partial charge in [-0.3, -0.25) is 4.79 Å². The molecular weight excluding hydrogens is 212 g/mol. The van der Waals surface area contributed by atoms with Crippen LogP contribution >= 0.6 is 0 Å². The third kappa shape index (κ3) is 3.30. The van der Waals surface area contributed by atoms with Gasteiger partial charge in [0.15, 0.2) is 0 Å². The van der Waals surface area contributed by atoms with Gasteiger partial charge in [0, 0.05) is 18.2 Å². The van der Waals surface area contributed by atoms with Gasteiger partial charge in [0.25, 0.3) is 5.91 Å². The van der Waals surface area contributed by atoms with Crippen molar-refractivity contribution in [3.63, 3.8) is 0 Å². The van der Waals surface area contributed by atoms with Gasteiger partial charge in [0.05, 0.1) is 0 Å². The summed E-state index contributed by atoms with van der Waals surface area (Å²) < 4.78 is 0. The van der Waals surface area contributed by atoms with Crippen LogP contribution in [0, 0.1) is 0 Å². The minimum Gasteiger partial charge on any atom is -0.350 e. The monoisotopic (exact) mass is 232 g/mol. The van der Waals surface area contributed by atoms with Crippen LogP contribution in [0.3, 0.4) is 0 Å². The number of nitrogens with one attached hydrogen (secondary N) is 2. The maximum atomic E-state index is 11.9. The van der Waals surface area contributed by atoms with E-state index in [9.17, 15) is 4.79 Å². The highest BCUT2D eigenvalue weighted by atomic mass is 16.1. The molecule has 1 saturated heterocycles. The van der Waals surface area contributed by atoms with Gasteiger partial charge in [-0.15, -0.1) is 0 Å². The van der Waals surface area contributed by atoms with Crippen molar-refractivity contribution >= 4 is 5.91 Å². The zero-order valence-corrected chi connectivity index (χ0v) is 10.3. The Balaban J connectivity index is 1.89. The van der Waals surface area contributed by atoms with Crippen LogP contribution < -0.4 is 10.6 Å². The molecule has 1 aliphatic heterocycles. The first-order chi connectivity index (χ1) is 8.29. The number of hydrogen-bond acceptors (Lipinski definition) is 2. The first kappa shape index (κ1) is 12.1. The standard InChI is InChI=1S/C14H20N2O/c1-2-11-5-3-6-12(9-11)14(17)16-10-13-7-4-8-15-13/h3,5-6,9,13,15H,2,4,7-8,10H2,1H3,(H,16,17). The largest absolute Gasteiger partial charge is 0.350 e. The minimum absolute atomic E-state index is 0.0361. The Labute approximate surface area is 103 Å². The first-order valence-electron chi connectivity index (χ1n) is 6.40. The number of hydrogen-bond donors (Lipinski definition) is 2. The van der Waals surface area contributed by atoms with Crippen LogP contribution in [0.2, 0.25) is 0 Å². The van der Waals surface area contributed by atoms with E-state index in [4.69, 9.17) is 0 Å². The fourth-order valence-corrected chi connectivity index (χ4v) is 2.18. The average Bonchev–Trinajstić information content (AvgIpc) is 2.89. The van der Waals surface area contributed by atoms with Crippen LogP contribution in [0.5, 0.6) is 0 Å². The second kappa shape index (κ2) is 5.82. The minimum atomic E-state index is 0.0361. The first-order valence-corrected chi connectivity index (χ1v) is 6.40. The second-order valence-electron chi connectivity index (χ2n) is 4.56. The Bertz CT molecular complexity index is 384. The summed E-state index contributed by atoms with van der Waals surface area (Å²) in [5.41, 5.74) is 1.97. The van der Waals surface area contributed by atoms with E-state index in [1.165, 1.54) is 12.0 Å². The molecule has 1 amide bonds. The molecule has 1 atom stereocenters. The van der Waals surface area contributed by atoms with E-state index in [1.807, 2.05) is 18.2 Å². The highest BCUT2D eigenvalue weighted by Gasteiger charge is 2.15. The van der Waals surface area contributed by atoms with Gasteiger partial charge in [0.1, 0.15) is 0 Å². The number of aryl methyl sites for hydroxylation is 1. The molecule has 1 fully saturated rings. The SMILES string of the molecule is CCc1cccc(C(=O)NCC2CCCN2)c1. The van der Waals surface area contributed by atoms with Gasteiger partial charge in [-0.05, 0) is 43.5 Å². The Morgan fingerprint density at radius 2 is 2.41 bits per heavy atom. The number of benzene rings is 1. The molecule has 92 valence electrons. The molecule has 1 heterocycles. The Morgan fingerprint density at radius 3 is 3.12 bits per heavy atom. The van der Waals surface area contributed by atoms with Gasteiger partial charge >= 0.3 is 0 Å². The van der Waals surface area contributed by atoms with E-state index in [0.717, 1.165) is 31.5 Å². The van der Waals surface area contributed by atoms with Gasteiger partial charge < -0.3 is 10.6 Å². The number of amides is 1. The number of carbonyl (C=O) groups is 1. The van der Waals surface area contributed by atoms with Crippen LogP contribution in [0.25, 0.3) is 0 Å². The predicted molar refractivity (Wildman–Crippen MR) is 69.2 cm³/mol. The van der Waals surface area contributed by atoms with Crippen molar-refractivity contribution in [3.05, 3.63) is 35.4 Å². The summed E-state index contributed by atoms with van der Waals surface area (Å²) in [7, 11) is 0. The molecule has 2 rings (SSSR count). The van der Waals surface area contributed by atoms with Crippen LogP contribution in [0.4, 0.5) is 0 Å². The molecule has 3 heteroatoms. The molecule has 2 N–H and O–H groups in total. The summed E-state index contributed by atoms with van der Waals surface area (Å²) in [6.07, 6.45) is 3.34. The van der Waals surface area contributed by atoms with Crippen LogP contribution in [0.1, 0.15) is 35.7 Å². The molecule has 0 saturated carbocycles. The number of carbonyl (C=O) groups excluding carboxylic acids is 1. The van der Waals surface area contributed by atoms with Crippen LogP contribution in [-0.2, 0) is 6.42 Å². The molecule has 0 radical (unpaired) electrons. The summed E-state index contributed by atoms with van der Waals surface area (Å²) in [6, 6.07) is 8.29. The van der Waals surface area contributed by atoms with Crippen LogP contribution in [-0.4, -0.2) is 25.0 Å². The quantitative estimate of drug-likeness (QED) is 0.830. The molecular formula is C14H20N2O. The molecule has 1 unspecified atom stereocenters. The molecule has 0 aliphatic carbocycles. The Kier molecular flexibility index (Phi) is 4.15. The maximum Gasteiger partial charge on any atom is 0.251 e. The van der Waals surface area contributed by atoms with Gasteiger partial charge in [-0.2, -0.15) is 0 Å². The third-order valence-electron chi connectivity index (χ3n) is 3.27. The fourth-order valence-electron chi connectivity index (χ4n) is 2.18. The molecule has 0 spiro atoms. The zero-order valence-electron chi connectivity index (χ0n) is 10.3. The second-order valence-corrected chi connectivity index (χ2v) is 4.56. The lowest BCUT2D eigenvalue weighted by Crippen LogP contribution is -2.37. The average molecular weight is 232 g/mol. The third-order valence-corrected chi connectivity index (χ3v) is 3.27. The molecule has 0 bridgehead atoms. The fraction of sp³-hybridized carbons (Fsp3) is 0.500. The van der Waals surface area contributed by atoms with E-state index in [1.54, 1.807) is 0 Å². The van der Waals surface area contributed by atoms with Crippen molar-refractivity contribution in [2.45, 2.75) is 32.2 Å². The smallest absolute Gasteiger partial charge is 0.251 e. The van der Waals surface area contributed by atoms with E-state index in [0.29, 0.717) is 6.04 Å². The van der Waals surface area contributed by atoms with Crippen molar-refractivity contribution in [3.8, 4) is 0 Å². The lowest BCUT2D eigenvalue weighted by molar-refractivity contribution is 0.0950. The summed E-state index contributed by atoms with van der Waals surface area (Å²) in [5.74, 6) is 0.0361. The topological polar surface area (TPSA) is 41.1 Å². The lowest BCUT2D eigenvalue weighted by atomic mass is 10.1. The normalized spacial score (nSPS) is 19.2. The van der Waals surface area contributed by atoms with E-state index >= 15 is 0 Å². The molecule has 3 nitrogen and oxygen atoms in total. The van der Waals surface area contributed by atoms with E-state index in [2.05, 4.69) is 23.6 Å². The van der Waals surface area contributed by atoms with Crippen molar-refractivity contribution in [1.82, 2.24) is 10.6 Å². The molecule has 1 aromatic rings. The van der Waals surface area contributed by atoms with E-state index in [-0.39, 0.29) is 5.91 Å². The summed E-state index contributed by atoms with van der Waals surface area (Å²) in [4.78, 5) is 11.9. The van der Waals surface area contributed by atoms with Crippen molar-refractivity contribution in [2.24, 2.45) is 0 Å². The van der Waals surface area contributed by atoms with Crippen molar-refractivity contribution in [1.29, 1.82) is 0 Å². The van der Waals surface area contributed by atoms with E-state index < -0.39 is 0 Å². The van der Waals surface area contributed by atoms with Gasteiger partial charge in [0.2, 0.25) is 0 Å². The molecule has 1 aromatic carbocycles. The van der Waals surface area contributed by atoms with Crippen molar-refractivity contribution < 1.29 is 4.79 Å². The molecule has 17 heavy (non-hydrogen) atoms. The highest BCUT2D eigenvalue weighted by molar-refractivity contribution is 5.94. The van der Waals surface area contributed by atoms with Crippen molar-refractivity contribution in [2.75, 3.05) is 13.1 Å². The van der Waals surface area contributed by atoms with Gasteiger partial charge in [-0.25, -0.2) is 0 Å². The lowest BCUT2D eigenvalue weighted by Gasteiger charge is -2.11. The summed E-state index contributed by atoms with van der Waals surface area (Å²) >= 11 is 0. The Hall–Kier alpha value is -1.35. The zero-order chi connectivity index (χ0) is 12.1. The van der Waals surface area contributed by atoms with Crippen LogP contribution in [0.15, 0.2) is 24.3 Å². The Morgan fingerprint density at radius 1 is 1.53 bits per heavy atom. The highest BCUT2D eigenvalue weighted by Crippen LogP contribution is 2.07. The summed E-state index contributed by atoms with van der Waals surface area (Å²) in [5, 5.41) is 6.36. The molecule has 1 aliphatic rings. The van der Waals surface area contributed by atoms with Gasteiger partial charge in [-0.1, -0.05) is 19.1 Å². The number of rotatable bonds is 4. The maximum absolute atomic E-state index is 11.9.